The third-order valence-electron chi connectivity index (χ3n) is 5.05. The molecule has 0 heterocycles. The van der Waals surface area contributed by atoms with Crippen molar-refractivity contribution in [2.24, 2.45) is 0 Å². The Morgan fingerprint density at radius 3 is 2.19 bits per heavy atom. The first-order chi connectivity index (χ1) is 13.3. The number of hydrogen-bond acceptors (Lipinski definition) is 2. The number of rotatable bonds is 5. The van der Waals surface area contributed by atoms with Crippen molar-refractivity contribution >= 4 is 27.5 Å². The van der Waals surface area contributed by atoms with E-state index in [1.165, 1.54) is 27.1 Å². The van der Waals surface area contributed by atoms with Crippen molar-refractivity contribution in [1.29, 1.82) is 0 Å². The summed E-state index contributed by atoms with van der Waals surface area (Å²) in [4.78, 5) is 12.4. The van der Waals surface area contributed by atoms with Crippen LogP contribution in [-0.2, 0) is 9.53 Å². The number of fused-ring (bicyclic) bond motifs is 3. The van der Waals surface area contributed by atoms with Crippen LogP contribution in [0.2, 0.25) is 0 Å². The van der Waals surface area contributed by atoms with E-state index in [1.807, 2.05) is 25.1 Å². The molecule has 4 aromatic rings. The second-order valence-electron chi connectivity index (χ2n) is 6.70. The predicted octanol–water partition coefficient (Wildman–Crippen LogP) is 6.08. The molecule has 0 bridgehead atoms. The third kappa shape index (κ3) is 3.43. The predicted molar refractivity (Wildman–Crippen MR) is 111 cm³/mol. The van der Waals surface area contributed by atoms with E-state index in [2.05, 4.69) is 66.7 Å². The highest BCUT2D eigenvalue weighted by Crippen LogP contribution is 2.37. The minimum absolute atomic E-state index is 0.0419. The second kappa shape index (κ2) is 7.63. The van der Waals surface area contributed by atoms with E-state index in [9.17, 15) is 4.79 Å². The van der Waals surface area contributed by atoms with E-state index in [4.69, 9.17) is 4.74 Å². The SMILES string of the molecule is CCOC(=O)C[C@@H](c1ccccc1)c1cc2ccccc2c2ccccc12. The van der Waals surface area contributed by atoms with Crippen molar-refractivity contribution in [3.05, 3.63) is 96.1 Å². The zero-order valence-corrected chi connectivity index (χ0v) is 15.4. The number of esters is 1. The first-order valence-electron chi connectivity index (χ1n) is 9.39. The lowest BCUT2D eigenvalue weighted by Crippen LogP contribution is -2.12. The molecular weight excluding hydrogens is 332 g/mol. The summed E-state index contributed by atoms with van der Waals surface area (Å²) in [6.07, 6.45) is 0.334. The average Bonchev–Trinajstić information content (AvgIpc) is 2.72. The maximum Gasteiger partial charge on any atom is 0.306 e. The molecule has 0 aliphatic rings. The summed E-state index contributed by atoms with van der Waals surface area (Å²) in [5.74, 6) is -0.205. The Morgan fingerprint density at radius 1 is 0.815 bits per heavy atom. The smallest absolute Gasteiger partial charge is 0.306 e. The first-order valence-corrected chi connectivity index (χ1v) is 9.39. The van der Waals surface area contributed by atoms with Crippen LogP contribution in [0.5, 0.6) is 0 Å². The van der Waals surface area contributed by atoms with Crippen LogP contribution in [0.15, 0.2) is 84.9 Å². The van der Waals surface area contributed by atoms with Crippen LogP contribution in [0.4, 0.5) is 0 Å². The number of carbonyl (C=O) groups excluding carboxylic acids is 1. The van der Waals surface area contributed by atoms with Gasteiger partial charge in [-0.15, -0.1) is 0 Å². The Bertz CT molecular complexity index is 1080. The van der Waals surface area contributed by atoms with Crippen molar-refractivity contribution in [1.82, 2.24) is 0 Å². The molecule has 1 atom stereocenters. The van der Waals surface area contributed by atoms with Gasteiger partial charge in [-0.2, -0.15) is 0 Å². The van der Waals surface area contributed by atoms with E-state index >= 15 is 0 Å². The monoisotopic (exact) mass is 354 g/mol. The molecule has 0 aliphatic heterocycles. The lowest BCUT2D eigenvalue weighted by molar-refractivity contribution is -0.143. The van der Waals surface area contributed by atoms with Crippen molar-refractivity contribution in [2.45, 2.75) is 19.3 Å². The van der Waals surface area contributed by atoms with Crippen molar-refractivity contribution in [3.8, 4) is 0 Å². The van der Waals surface area contributed by atoms with Crippen molar-refractivity contribution < 1.29 is 9.53 Å². The molecule has 0 aromatic heterocycles. The van der Waals surface area contributed by atoms with Crippen LogP contribution >= 0.6 is 0 Å². The molecule has 0 fully saturated rings. The van der Waals surface area contributed by atoms with Crippen LogP contribution in [-0.4, -0.2) is 12.6 Å². The minimum Gasteiger partial charge on any atom is -0.466 e. The van der Waals surface area contributed by atoms with E-state index in [1.54, 1.807) is 0 Å². The summed E-state index contributed by atoms with van der Waals surface area (Å²) in [7, 11) is 0. The van der Waals surface area contributed by atoms with Crippen LogP contribution in [0.1, 0.15) is 30.4 Å². The maximum atomic E-state index is 12.4. The van der Waals surface area contributed by atoms with Crippen molar-refractivity contribution in [2.75, 3.05) is 6.61 Å². The fourth-order valence-corrected chi connectivity index (χ4v) is 3.85. The molecule has 0 unspecified atom stereocenters. The largest absolute Gasteiger partial charge is 0.466 e. The molecule has 0 radical (unpaired) electrons. The minimum atomic E-state index is -0.163. The molecule has 0 saturated carbocycles. The van der Waals surface area contributed by atoms with E-state index in [0.29, 0.717) is 13.0 Å². The summed E-state index contributed by atoms with van der Waals surface area (Å²) in [5.41, 5.74) is 2.30. The highest BCUT2D eigenvalue weighted by atomic mass is 16.5. The zero-order valence-electron chi connectivity index (χ0n) is 15.4. The molecule has 0 spiro atoms. The molecule has 4 aromatic carbocycles. The van der Waals surface area contributed by atoms with Gasteiger partial charge in [0, 0.05) is 5.92 Å². The number of benzene rings is 4. The zero-order chi connectivity index (χ0) is 18.6. The Morgan fingerprint density at radius 2 is 1.44 bits per heavy atom. The quantitative estimate of drug-likeness (QED) is 0.321. The summed E-state index contributed by atoms with van der Waals surface area (Å²) in [6.45, 7) is 2.25. The van der Waals surface area contributed by atoms with Gasteiger partial charge in [0.25, 0.3) is 0 Å². The van der Waals surface area contributed by atoms with E-state index < -0.39 is 0 Å². The van der Waals surface area contributed by atoms with Crippen molar-refractivity contribution in [3.63, 3.8) is 0 Å². The molecule has 27 heavy (non-hydrogen) atoms. The van der Waals surface area contributed by atoms with Gasteiger partial charge in [0.15, 0.2) is 0 Å². The standard InChI is InChI=1S/C25H22O2/c1-2-27-25(26)17-23(18-10-4-3-5-11-18)24-16-19-12-6-7-13-20(19)21-14-8-9-15-22(21)24/h3-16,23H,2,17H2,1H3/t23-/m0/s1. The van der Waals surface area contributed by atoms with Gasteiger partial charge in [-0.3, -0.25) is 4.79 Å². The molecule has 2 nitrogen and oxygen atoms in total. The van der Waals surface area contributed by atoms with Crippen LogP contribution in [0, 0.1) is 0 Å². The van der Waals surface area contributed by atoms with Gasteiger partial charge in [0.2, 0.25) is 0 Å². The molecule has 0 amide bonds. The lowest BCUT2D eigenvalue weighted by Gasteiger charge is -2.20. The summed E-state index contributed by atoms with van der Waals surface area (Å²) >= 11 is 0. The molecule has 0 aliphatic carbocycles. The molecule has 134 valence electrons. The average molecular weight is 354 g/mol. The van der Waals surface area contributed by atoms with Crippen LogP contribution < -0.4 is 0 Å². The Hall–Kier alpha value is -3.13. The van der Waals surface area contributed by atoms with Gasteiger partial charge in [0.1, 0.15) is 0 Å². The van der Waals surface area contributed by atoms with Gasteiger partial charge >= 0.3 is 5.97 Å². The molecular formula is C25H22O2. The molecule has 2 heteroatoms. The number of hydrogen-bond donors (Lipinski definition) is 0. The fraction of sp³-hybridized carbons (Fsp3) is 0.160. The maximum absolute atomic E-state index is 12.4. The van der Waals surface area contributed by atoms with Gasteiger partial charge in [0.05, 0.1) is 13.0 Å². The Kier molecular flexibility index (Phi) is 4.88. The normalized spacial score (nSPS) is 12.2. The fourth-order valence-electron chi connectivity index (χ4n) is 3.85. The van der Waals surface area contributed by atoms with Gasteiger partial charge in [-0.1, -0.05) is 78.9 Å². The topological polar surface area (TPSA) is 26.3 Å². The molecule has 0 saturated heterocycles. The summed E-state index contributed by atoms with van der Waals surface area (Å²) < 4.78 is 5.28. The third-order valence-corrected chi connectivity index (χ3v) is 5.05. The summed E-state index contributed by atoms with van der Waals surface area (Å²) in [5, 5.41) is 4.83. The second-order valence-corrected chi connectivity index (χ2v) is 6.70. The molecule has 4 rings (SSSR count). The highest BCUT2D eigenvalue weighted by Gasteiger charge is 2.22. The lowest BCUT2D eigenvalue weighted by atomic mass is 9.84. The number of ether oxygens (including phenoxy) is 1. The summed E-state index contributed by atoms with van der Waals surface area (Å²) in [6, 6.07) is 29.3. The Labute approximate surface area is 159 Å². The molecule has 0 N–H and O–H groups in total. The first kappa shape index (κ1) is 17.3. The van der Waals surface area contributed by atoms with Gasteiger partial charge in [-0.25, -0.2) is 0 Å². The van der Waals surface area contributed by atoms with Gasteiger partial charge in [-0.05, 0) is 45.7 Å². The number of carbonyl (C=O) groups is 1. The van der Waals surface area contributed by atoms with Gasteiger partial charge < -0.3 is 4.74 Å². The van der Waals surface area contributed by atoms with Crippen LogP contribution in [0.3, 0.4) is 0 Å². The van der Waals surface area contributed by atoms with E-state index in [0.717, 1.165) is 5.56 Å². The van der Waals surface area contributed by atoms with Crippen LogP contribution in [0.25, 0.3) is 21.5 Å². The Balaban J connectivity index is 1.95. The van der Waals surface area contributed by atoms with E-state index in [-0.39, 0.29) is 11.9 Å². The highest BCUT2D eigenvalue weighted by molar-refractivity contribution is 6.09.